The number of hydrogen-bond donors (Lipinski definition) is 1. The predicted octanol–water partition coefficient (Wildman–Crippen LogP) is 3.46. The van der Waals surface area contributed by atoms with E-state index in [0.717, 1.165) is 18.7 Å². The highest BCUT2D eigenvalue weighted by atomic mass is 16.5. The third-order valence-corrected chi connectivity index (χ3v) is 4.85. The van der Waals surface area contributed by atoms with Crippen molar-refractivity contribution >= 4 is 5.91 Å². The molecule has 0 bridgehead atoms. The van der Waals surface area contributed by atoms with Crippen LogP contribution in [0.4, 0.5) is 0 Å². The average Bonchev–Trinajstić information content (AvgIpc) is 2.93. The van der Waals surface area contributed by atoms with Crippen molar-refractivity contribution in [3.63, 3.8) is 0 Å². The number of nitrogens with zero attached hydrogens (tertiary/aromatic N) is 2. The average molecular weight is 307 g/mol. The molecule has 0 aromatic carbocycles. The van der Waals surface area contributed by atoms with Crippen LogP contribution < -0.4 is 5.32 Å². The van der Waals surface area contributed by atoms with Gasteiger partial charge in [-0.25, -0.2) is 0 Å². The second-order valence-electron chi connectivity index (χ2n) is 7.00. The molecule has 5 heteroatoms. The van der Waals surface area contributed by atoms with Gasteiger partial charge in [-0.1, -0.05) is 45.7 Å². The molecule has 2 rings (SSSR count). The number of aromatic nitrogens is 2. The van der Waals surface area contributed by atoms with E-state index >= 15 is 0 Å². The molecule has 1 saturated carbocycles. The van der Waals surface area contributed by atoms with Crippen molar-refractivity contribution in [3.05, 3.63) is 11.7 Å². The van der Waals surface area contributed by atoms with Gasteiger partial charge in [0.2, 0.25) is 11.8 Å². The largest absolute Gasteiger partial charge is 0.353 e. The second-order valence-corrected chi connectivity index (χ2v) is 7.00. The molecule has 0 radical (unpaired) electrons. The second kappa shape index (κ2) is 7.75. The number of nitrogens with one attached hydrogen (secondary N) is 1. The molecule has 0 saturated heterocycles. The van der Waals surface area contributed by atoms with Crippen LogP contribution in [0.1, 0.15) is 77.4 Å². The maximum Gasteiger partial charge on any atom is 0.226 e. The summed E-state index contributed by atoms with van der Waals surface area (Å²) in [6.45, 7) is 8.61. The highest BCUT2D eigenvalue weighted by molar-refractivity contribution is 5.76. The minimum atomic E-state index is 0.148. The van der Waals surface area contributed by atoms with Crippen molar-refractivity contribution in [2.45, 2.75) is 78.2 Å². The first-order chi connectivity index (χ1) is 10.5. The summed E-state index contributed by atoms with van der Waals surface area (Å²) >= 11 is 0. The van der Waals surface area contributed by atoms with E-state index in [1.54, 1.807) is 0 Å². The lowest BCUT2D eigenvalue weighted by atomic mass is 9.78. The molecule has 3 atom stereocenters. The smallest absolute Gasteiger partial charge is 0.226 e. The molecule has 1 aliphatic carbocycles. The van der Waals surface area contributed by atoms with E-state index in [1.807, 2.05) is 13.8 Å². The van der Waals surface area contributed by atoms with Gasteiger partial charge in [0.1, 0.15) is 0 Å². The van der Waals surface area contributed by atoms with Crippen LogP contribution in [0.5, 0.6) is 0 Å². The van der Waals surface area contributed by atoms with Gasteiger partial charge in [-0.05, 0) is 24.7 Å². The van der Waals surface area contributed by atoms with Crippen molar-refractivity contribution in [2.75, 3.05) is 0 Å². The third kappa shape index (κ3) is 4.55. The van der Waals surface area contributed by atoms with Gasteiger partial charge < -0.3 is 9.84 Å². The fraction of sp³-hybridized carbons (Fsp3) is 0.824. The summed E-state index contributed by atoms with van der Waals surface area (Å²) in [7, 11) is 0. The highest BCUT2D eigenvalue weighted by Crippen LogP contribution is 2.29. The molecule has 22 heavy (non-hydrogen) atoms. The van der Waals surface area contributed by atoms with Gasteiger partial charge in [-0.3, -0.25) is 4.79 Å². The lowest BCUT2D eigenvalue weighted by Gasteiger charge is -2.34. The van der Waals surface area contributed by atoms with E-state index in [9.17, 15) is 4.79 Å². The van der Waals surface area contributed by atoms with Crippen LogP contribution in [-0.4, -0.2) is 22.1 Å². The maximum atomic E-state index is 12.1. The molecule has 0 aliphatic heterocycles. The van der Waals surface area contributed by atoms with Gasteiger partial charge in [0.15, 0.2) is 5.82 Å². The summed E-state index contributed by atoms with van der Waals surface area (Å²) in [5.74, 6) is 3.07. The molecule has 1 heterocycles. The lowest BCUT2D eigenvalue weighted by molar-refractivity contribution is -0.122. The van der Waals surface area contributed by atoms with Gasteiger partial charge in [-0.15, -0.1) is 0 Å². The SMILES string of the molecule is CC(C)c1noc(CCCC(=O)NC2CCCC(C)C2C)n1. The van der Waals surface area contributed by atoms with E-state index in [1.165, 1.54) is 12.8 Å². The minimum Gasteiger partial charge on any atom is -0.353 e. The molecule has 1 fully saturated rings. The van der Waals surface area contributed by atoms with Crippen molar-refractivity contribution in [2.24, 2.45) is 11.8 Å². The van der Waals surface area contributed by atoms with E-state index in [0.29, 0.717) is 36.6 Å². The molecular weight excluding hydrogens is 278 g/mol. The number of amides is 1. The molecule has 1 aromatic rings. The summed E-state index contributed by atoms with van der Waals surface area (Å²) in [6.07, 6.45) is 5.56. The summed E-state index contributed by atoms with van der Waals surface area (Å²) < 4.78 is 5.20. The molecular formula is C17H29N3O2. The Hall–Kier alpha value is -1.39. The Morgan fingerprint density at radius 1 is 1.36 bits per heavy atom. The molecule has 5 nitrogen and oxygen atoms in total. The standard InChI is InChI=1S/C17H29N3O2/c1-11(2)17-19-16(22-20-17)10-6-9-15(21)18-14-8-5-7-12(3)13(14)4/h11-14H,5-10H2,1-4H3,(H,18,21). The van der Waals surface area contributed by atoms with Crippen molar-refractivity contribution in [1.82, 2.24) is 15.5 Å². The number of aryl methyl sites for hydroxylation is 1. The Labute approximate surface area is 133 Å². The van der Waals surface area contributed by atoms with Gasteiger partial charge in [-0.2, -0.15) is 4.98 Å². The predicted molar refractivity (Wildman–Crippen MR) is 85.4 cm³/mol. The number of hydrogen-bond acceptors (Lipinski definition) is 4. The molecule has 0 spiro atoms. The molecule has 3 unspecified atom stereocenters. The number of carbonyl (C=O) groups is 1. The van der Waals surface area contributed by atoms with Gasteiger partial charge >= 0.3 is 0 Å². The van der Waals surface area contributed by atoms with E-state index in [4.69, 9.17) is 4.52 Å². The fourth-order valence-corrected chi connectivity index (χ4v) is 3.07. The number of rotatable bonds is 6. The maximum absolute atomic E-state index is 12.1. The van der Waals surface area contributed by atoms with Crippen LogP contribution in [0, 0.1) is 11.8 Å². The highest BCUT2D eigenvalue weighted by Gasteiger charge is 2.27. The summed E-state index contributed by atoms with van der Waals surface area (Å²) in [5.41, 5.74) is 0. The van der Waals surface area contributed by atoms with E-state index in [2.05, 4.69) is 29.3 Å². The van der Waals surface area contributed by atoms with Gasteiger partial charge in [0, 0.05) is 24.8 Å². The van der Waals surface area contributed by atoms with Crippen LogP contribution in [0.25, 0.3) is 0 Å². The third-order valence-electron chi connectivity index (χ3n) is 4.85. The van der Waals surface area contributed by atoms with Crippen molar-refractivity contribution in [1.29, 1.82) is 0 Å². The van der Waals surface area contributed by atoms with E-state index < -0.39 is 0 Å². The quantitative estimate of drug-likeness (QED) is 0.874. The zero-order valence-corrected chi connectivity index (χ0v) is 14.3. The lowest BCUT2D eigenvalue weighted by Crippen LogP contribution is -2.43. The minimum absolute atomic E-state index is 0.148. The Kier molecular flexibility index (Phi) is 5.98. The van der Waals surface area contributed by atoms with Crippen LogP contribution in [0.3, 0.4) is 0 Å². The molecule has 1 N–H and O–H groups in total. The molecule has 124 valence electrons. The first-order valence-electron chi connectivity index (χ1n) is 8.59. The van der Waals surface area contributed by atoms with Crippen LogP contribution >= 0.6 is 0 Å². The van der Waals surface area contributed by atoms with Crippen LogP contribution in [0.2, 0.25) is 0 Å². The monoisotopic (exact) mass is 307 g/mol. The van der Waals surface area contributed by atoms with E-state index in [-0.39, 0.29) is 11.8 Å². The molecule has 1 amide bonds. The topological polar surface area (TPSA) is 68.0 Å². The van der Waals surface area contributed by atoms with Crippen LogP contribution in [-0.2, 0) is 11.2 Å². The zero-order valence-electron chi connectivity index (χ0n) is 14.3. The Morgan fingerprint density at radius 3 is 2.82 bits per heavy atom. The van der Waals surface area contributed by atoms with Gasteiger partial charge in [0.05, 0.1) is 0 Å². The Balaban J connectivity index is 1.71. The first kappa shape index (κ1) is 17.0. The normalized spacial score (nSPS) is 25.4. The van der Waals surface area contributed by atoms with Crippen molar-refractivity contribution in [3.8, 4) is 0 Å². The number of carbonyl (C=O) groups excluding carboxylic acids is 1. The Morgan fingerprint density at radius 2 is 2.14 bits per heavy atom. The molecule has 1 aromatic heterocycles. The molecule has 1 aliphatic rings. The van der Waals surface area contributed by atoms with Crippen LogP contribution in [0.15, 0.2) is 4.52 Å². The zero-order chi connectivity index (χ0) is 16.1. The summed E-state index contributed by atoms with van der Waals surface area (Å²) in [4.78, 5) is 16.4. The summed E-state index contributed by atoms with van der Waals surface area (Å²) in [6, 6.07) is 0.340. The Bertz CT molecular complexity index is 484. The fourth-order valence-electron chi connectivity index (χ4n) is 3.07. The van der Waals surface area contributed by atoms with Gasteiger partial charge in [0.25, 0.3) is 0 Å². The van der Waals surface area contributed by atoms with Crippen molar-refractivity contribution < 1.29 is 9.32 Å². The first-order valence-corrected chi connectivity index (χ1v) is 8.59. The summed E-state index contributed by atoms with van der Waals surface area (Å²) in [5, 5.41) is 7.14.